The first-order valence-corrected chi connectivity index (χ1v) is 12.1. The zero-order valence-electron chi connectivity index (χ0n) is 20.2. The molecule has 0 aliphatic carbocycles. The van der Waals surface area contributed by atoms with E-state index in [0.717, 1.165) is 67.3 Å². The van der Waals surface area contributed by atoms with Crippen LogP contribution in [0.2, 0.25) is 0 Å². The number of urea groups is 1. The third kappa shape index (κ3) is 4.51. The molecular weight excluding hydrogens is 442 g/mol. The summed E-state index contributed by atoms with van der Waals surface area (Å²) < 4.78 is 10.8. The lowest BCUT2D eigenvalue weighted by Gasteiger charge is -2.47. The Balaban J connectivity index is 1.41. The van der Waals surface area contributed by atoms with Gasteiger partial charge in [0.25, 0.3) is 0 Å². The summed E-state index contributed by atoms with van der Waals surface area (Å²) in [5.74, 6) is 6.07. The monoisotopic (exact) mass is 475 g/mol. The smallest absolute Gasteiger partial charge is 0.325 e. The minimum absolute atomic E-state index is 0.0448. The Morgan fingerprint density at radius 3 is 2.60 bits per heavy atom. The van der Waals surface area contributed by atoms with Gasteiger partial charge in [-0.3, -0.25) is 9.80 Å². The van der Waals surface area contributed by atoms with Crippen molar-refractivity contribution in [2.75, 3.05) is 44.9 Å². The highest BCUT2D eigenvalue weighted by Crippen LogP contribution is 2.40. The number of hydrogen-bond donors (Lipinski definition) is 1. The van der Waals surface area contributed by atoms with Gasteiger partial charge in [0.05, 0.1) is 44.7 Å². The molecule has 1 spiro atoms. The summed E-state index contributed by atoms with van der Waals surface area (Å²) in [7, 11) is 1.67. The number of allylic oxidation sites excluding steroid dienone is 1. The number of methoxy groups -OCH3 is 1. The number of carbonyl (C=O) groups is 1. The Labute approximate surface area is 206 Å². The second-order valence-electron chi connectivity index (χ2n) is 9.61. The van der Waals surface area contributed by atoms with Crippen molar-refractivity contribution in [3.63, 3.8) is 0 Å². The number of amides is 2. The maximum absolute atomic E-state index is 13.9. The van der Waals surface area contributed by atoms with Gasteiger partial charge in [0, 0.05) is 25.3 Å². The number of nitrogens with zero attached hydrogens (tertiary/aromatic N) is 4. The Morgan fingerprint density at radius 2 is 1.97 bits per heavy atom. The van der Waals surface area contributed by atoms with Crippen LogP contribution in [0.3, 0.4) is 0 Å². The number of nitrogens with two attached hydrogens (primary N) is 1. The first-order chi connectivity index (χ1) is 17.0. The minimum Gasteiger partial charge on any atom is -0.497 e. The lowest BCUT2D eigenvalue weighted by atomic mass is 9.85. The first kappa shape index (κ1) is 23.4. The second kappa shape index (κ2) is 9.71. The van der Waals surface area contributed by atoms with Crippen LogP contribution in [0.4, 0.5) is 10.5 Å². The van der Waals surface area contributed by atoms with Crippen LogP contribution in [0.15, 0.2) is 60.2 Å². The summed E-state index contributed by atoms with van der Waals surface area (Å²) in [5.41, 5.74) is 3.40. The molecule has 0 atom stereocenters. The number of hydrogen-bond acceptors (Lipinski definition) is 6. The predicted octanol–water partition coefficient (Wildman–Crippen LogP) is 3.33. The summed E-state index contributed by atoms with van der Waals surface area (Å²) >= 11 is 0. The van der Waals surface area contributed by atoms with Gasteiger partial charge in [0.15, 0.2) is 0 Å². The van der Waals surface area contributed by atoms with Gasteiger partial charge in [-0.05, 0) is 53.8 Å². The van der Waals surface area contributed by atoms with Crippen molar-refractivity contribution in [2.45, 2.75) is 31.0 Å². The highest BCUT2D eigenvalue weighted by molar-refractivity contribution is 6.08. The average Bonchev–Trinajstić information content (AvgIpc) is 3.11. The van der Waals surface area contributed by atoms with E-state index in [2.05, 4.69) is 27.5 Å². The van der Waals surface area contributed by atoms with E-state index in [-0.39, 0.29) is 11.6 Å². The molecule has 0 bridgehead atoms. The number of benzene rings is 2. The quantitative estimate of drug-likeness (QED) is 0.377. The Hall–Kier alpha value is -3.36. The van der Waals surface area contributed by atoms with Crippen molar-refractivity contribution < 1.29 is 14.3 Å². The van der Waals surface area contributed by atoms with Crippen molar-refractivity contribution in [3.05, 3.63) is 66.2 Å². The summed E-state index contributed by atoms with van der Waals surface area (Å²) in [4.78, 5) is 20.4. The molecule has 2 aromatic carbocycles. The summed E-state index contributed by atoms with van der Waals surface area (Å²) in [6.07, 6.45) is 3.41. The van der Waals surface area contributed by atoms with E-state index in [0.29, 0.717) is 19.1 Å². The fraction of sp³-hybridized carbons (Fsp3) is 0.407. The molecule has 2 N–H and O–H groups in total. The van der Waals surface area contributed by atoms with Crippen LogP contribution in [0.5, 0.6) is 5.75 Å². The van der Waals surface area contributed by atoms with E-state index in [9.17, 15) is 4.79 Å². The van der Waals surface area contributed by atoms with E-state index in [4.69, 9.17) is 15.3 Å². The van der Waals surface area contributed by atoms with Gasteiger partial charge in [-0.25, -0.2) is 4.79 Å². The standard InChI is InChI=1S/C27H33N5O3/c1-20(15-29-28)22-6-8-23(9-7-22)31-19-27(10-12-30(13-11-27)24-17-35-18-24)32(26(31)33)16-21-4-3-5-25(14-21)34-2/h3-9,14-15,24H,1,10-13,16-19,28H2,2H3/b29-15-. The normalized spacial score (nSPS) is 20.5. The Morgan fingerprint density at radius 1 is 1.23 bits per heavy atom. The summed E-state index contributed by atoms with van der Waals surface area (Å²) in [5, 5.41) is 3.56. The molecule has 0 aromatic heterocycles. The zero-order chi connectivity index (χ0) is 24.4. The Kier molecular flexibility index (Phi) is 6.49. The molecule has 3 heterocycles. The number of piperidine rings is 1. The van der Waals surface area contributed by atoms with Gasteiger partial charge >= 0.3 is 6.03 Å². The molecule has 3 saturated heterocycles. The number of anilines is 1. The lowest BCUT2D eigenvalue weighted by molar-refractivity contribution is -0.0813. The van der Waals surface area contributed by atoms with Crippen LogP contribution in [0.25, 0.3) is 5.57 Å². The molecule has 8 heteroatoms. The zero-order valence-corrected chi connectivity index (χ0v) is 20.2. The molecular formula is C27H33N5O3. The van der Waals surface area contributed by atoms with Gasteiger partial charge in [-0.1, -0.05) is 30.8 Å². The second-order valence-corrected chi connectivity index (χ2v) is 9.61. The van der Waals surface area contributed by atoms with Crippen molar-refractivity contribution in [1.82, 2.24) is 9.80 Å². The van der Waals surface area contributed by atoms with E-state index in [1.54, 1.807) is 7.11 Å². The molecule has 184 valence electrons. The van der Waals surface area contributed by atoms with Crippen LogP contribution >= 0.6 is 0 Å². The number of ether oxygens (including phenoxy) is 2. The van der Waals surface area contributed by atoms with Gasteiger partial charge < -0.3 is 20.2 Å². The SMILES string of the molecule is C=C(/C=N\N)c1ccc(N2CC3(CCN(C4COC4)CC3)N(Cc3cccc(OC)c3)C2=O)cc1. The van der Waals surface area contributed by atoms with Crippen LogP contribution in [-0.2, 0) is 11.3 Å². The molecule has 3 fully saturated rings. The third-order valence-corrected chi connectivity index (χ3v) is 7.61. The maximum Gasteiger partial charge on any atom is 0.325 e. The van der Waals surface area contributed by atoms with Crippen LogP contribution in [0.1, 0.15) is 24.0 Å². The molecule has 5 rings (SSSR count). The van der Waals surface area contributed by atoms with Crippen LogP contribution < -0.4 is 15.5 Å². The van der Waals surface area contributed by atoms with E-state index < -0.39 is 0 Å². The van der Waals surface area contributed by atoms with E-state index in [1.165, 1.54) is 6.21 Å². The third-order valence-electron chi connectivity index (χ3n) is 7.61. The molecule has 35 heavy (non-hydrogen) atoms. The Bertz CT molecular complexity index is 1100. The van der Waals surface area contributed by atoms with Gasteiger partial charge in [-0.2, -0.15) is 5.10 Å². The highest BCUT2D eigenvalue weighted by atomic mass is 16.5. The molecule has 3 aliphatic heterocycles. The van der Waals surface area contributed by atoms with Crippen molar-refractivity contribution in [3.8, 4) is 5.75 Å². The minimum atomic E-state index is -0.213. The largest absolute Gasteiger partial charge is 0.497 e. The van der Waals surface area contributed by atoms with Crippen LogP contribution in [-0.4, -0.2) is 73.6 Å². The van der Waals surface area contributed by atoms with Gasteiger partial charge in [0.1, 0.15) is 5.75 Å². The number of carbonyl (C=O) groups excluding carboxylic acids is 1. The predicted molar refractivity (Wildman–Crippen MR) is 138 cm³/mol. The van der Waals surface area contributed by atoms with Gasteiger partial charge in [0.2, 0.25) is 0 Å². The topological polar surface area (TPSA) is 83.6 Å². The number of rotatable bonds is 7. The van der Waals surface area contributed by atoms with Crippen molar-refractivity contribution in [2.24, 2.45) is 10.9 Å². The highest BCUT2D eigenvalue weighted by Gasteiger charge is 2.51. The molecule has 2 aromatic rings. The van der Waals surface area contributed by atoms with Crippen molar-refractivity contribution in [1.29, 1.82) is 0 Å². The first-order valence-electron chi connectivity index (χ1n) is 12.1. The molecule has 2 amide bonds. The molecule has 0 unspecified atom stereocenters. The van der Waals surface area contributed by atoms with Crippen molar-refractivity contribution >= 4 is 23.5 Å². The lowest BCUT2D eigenvalue weighted by Crippen LogP contribution is -2.59. The maximum atomic E-state index is 13.9. The average molecular weight is 476 g/mol. The molecule has 0 saturated carbocycles. The summed E-state index contributed by atoms with van der Waals surface area (Å²) in [6.45, 7) is 8.80. The fourth-order valence-electron chi connectivity index (χ4n) is 5.37. The molecule has 0 radical (unpaired) electrons. The molecule has 8 nitrogen and oxygen atoms in total. The number of hydrazone groups is 1. The summed E-state index contributed by atoms with van der Waals surface area (Å²) in [6, 6.07) is 16.4. The van der Waals surface area contributed by atoms with Crippen LogP contribution in [0, 0.1) is 0 Å². The van der Waals surface area contributed by atoms with E-state index in [1.807, 2.05) is 47.4 Å². The van der Waals surface area contributed by atoms with E-state index >= 15 is 0 Å². The molecule has 3 aliphatic rings. The fourth-order valence-corrected chi connectivity index (χ4v) is 5.37. The van der Waals surface area contributed by atoms with Gasteiger partial charge in [-0.15, -0.1) is 0 Å². The number of likely N-dealkylation sites (tertiary alicyclic amines) is 1.